The highest BCUT2D eigenvalue weighted by Gasteiger charge is 2.12. The molecule has 0 aliphatic carbocycles. The lowest BCUT2D eigenvalue weighted by molar-refractivity contribution is 0.254. The smallest absolute Gasteiger partial charge is 0.175 e. The quantitative estimate of drug-likeness (QED) is 0.633. The number of hydrogen-bond acceptors (Lipinski definition) is 5. The third-order valence-corrected chi connectivity index (χ3v) is 2.87. The Balaban J connectivity index is 2.20. The van der Waals surface area contributed by atoms with Gasteiger partial charge in [-0.2, -0.15) is 0 Å². The van der Waals surface area contributed by atoms with Crippen molar-refractivity contribution in [3.63, 3.8) is 0 Å². The second kappa shape index (κ2) is 5.62. The van der Waals surface area contributed by atoms with Gasteiger partial charge in [0, 0.05) is 0 Å². The monoisotopic (exact) mass is 260 g/mol. The molecular weight excluding hydrogens is 244 g/mol. The van der Waals surface area contributed by atoms with Crippen molar-refractivity contribution < 1.29 is 9.74 Å². The molecule has 6 heteroatoms. The standard InChI is InChI=1S/C13H16N4O2/c1-8-3-4-9(2)10(5-8)6-15-13(14)12-11(7-18)16-19-17-12/h3-5,18H,6-7H2,1-2H3,(H2,14,15). The first-order valence-electron chi connectivity index (χ1n) is 5.90. The van der Waals surface area contributed by atoms with E-state index in [0.717, 1.165) is 11.1 Å². The lowest BCUT2D eigenvalue weighted by Gasteiger charge is -2.04. The number of aliphatic imine (C=N–C) groups is 1. The summed E-state index contributed by atoms with van der Waals surface area (Å²) in [5.74, 6) is 0.214. The summed E-state index contributed by atoms with van der Waals surface area (Å²) < 4.78 is 4.53. The number of amidine groups is 1. The zero-order valence-electron chi connectivity index (χ0n) is 10.9. The highest BCUT2D eigenvalue weighted by atomic mass is 16.6. The molecule has 6 nitrogen and oxygen atoms in total. The van der Waals surface area contributed by atoms with Crippen LogP contribution in [0.15, 0.2) is 27.8 Å². The zero-order chi connectivity index (χ0) is 13.8. The number of nitrogens with zero attached hydrogens (tertiary/aromatic N) is 3. The van der Waals surface area contributed by atoms with Crippen LogP contribution in [0.25, 0.3) is 0 Å². The molecule has 3 N–H and O–H groups in total. The maximum atomic E-state index is 9.05. The first-order chi connectivity index (χ1) is 9.11. The van der Waals surface area contributed by atoms with Gasteiger partial charge >= 0.3 is 0 Å². The minimum atomic E-state index is -0.279. The number of aliphatic hydroxyl groups excluding tert-OH is 1. The Morgan fingerprint density at radius 1 is 1.37 bits per heavy atom. The maximum Gasteiger partial charge on any atom is 0.175 e. The van der Waals surface area contributed by atoms with Crippen molar-refractivity contribution in [2.45, 2.75) is 27.0 Å². The molecule has 0 saturated carbocycles. The average Bonchev–Trinajstić information content (AvgIpc) is 2.88. The fourth-order valence-corrected chi connectivity index (χ4v) is 1.72. The van der Waals surface area contributed by atoms with Crippen molar-refractivity contribution in [3.05, 3.63) is 46.3 Å². The number of nitrogens with two attached hydrogens (primary N) is 1. The predicted molar refractivity (Wildman–Crippen MR) is 70.6 cm³/mol. The Morgan fingerprint density at radius 3 is 2.89 bits per heavy atom. The SMILES string of the molecule is Cc1ccc(C)c(CN=C(N)c2nonc2CO)c1. The Hall–Kier alpha value is -2.21. The fourth-order valence-electron chi connectivity index (χ4n) is 1.72. The molecule has 1 heterocycles. The Kier molecular flexibility index (Phi) is 3.91. The highest BCUT2D eigenvalue weighted by molar-refractivity contribution is 5.96. The van der Waals surface area contributed by atoms with Gasteiger partial charge in [0.15, 0.2) is 11.5 Å². The number of hydrogen-bond donors (Lipinski definition) is 2. The van der Waals surface area contributed by atoms with Crippen molar-refractivity contribution in [3.8, 4) is 0 Å². The van der Waals surface area contributed by atoms with Crippen LogP contribution in [0.4, 0.5) is 0 Å². The molecule has 2 aromatic rings. The summed E-state index contributed by atoms with van der Waals surface area (Å²) in [4.78, 5) is 4.27. The molecule has 0 aliphatic rings. The van der Waals surface area contributed by atoms with Crippen molar-refractivity contribution in [1.29, 1.82) is 0 Å². The van der Waals surface area contributed by atoms with E-state index in [-0.39, 0.29) is 12.4 Å². The van der Waals surface area contributed by atoms with E-state index in [2.05, 4.69) is 32.1 Å². The van der Waals surface area contributed by atoms with Crippen LogP contribution in [-0.4, -0.2) is 21.3 Å². The van der Waals surface area contributed by atoms with E-state index in [1.165, 1.54) is 5.56 Å². The molecule has 0 saturated heterocycles. The van der Waals surface area contributed by atoms with Gasteiger partial charge in [-0.3, -0.25) is 4.99 Å². The lowest BCUT2D eigenvalue weighted by atomic mass is 10.1. The maximum absolute atomic E-state index is 9.05. The van der Waals surface area contributed by atoms with Crippen LogP contribution >= 0.6 is 0 Å². The predicted octanol–water partition coefficient (Wildman–Crippen LogP) is 1.08. The van der Waals surface area contributed by atoms with Gasteiger partial charge in [-0.15, -0.1) is 0 Å². The minimum Gasteiger partial charge on any atom is -0.390 e. The zero-order valence-corrected chi connectivity index (χ0v) is 10.9. The van der Waals surface area contributed by atoms with Gasteiger partial charge in [-0.1, -0.05) is 28.9 Å². The van der Waals surface area contributed by atoms with Crippen LogP contribution in [0.1, 0.15) is 28.1 Å². The Labute approximate surface area is 110 Å². The number of aryl methyl sites for hydroxylation is 2. The normalized spacial score (nSPS) is 11.8. The molecule has 0 amide bonds. The van der Waals surface area contributed by atoms with Gasteiger partial charge in [0.2, 0.25) is 0 Å². The van der Waals surface area contributed by atoms with Gasteiger partial charge < -0.3 is 10.8 Å². The number of aliphatic hydroxyl groups is 1. The minimum absolute atomic E-state index is 0.214. The summed E-state index contributed by atoms with van der Waals surface area (Å²) in [5.41, 5.74) is 9.85. The molecule has 0 bridgehead atoms. The van der Waals surface area contributed by atoms with E-state index < -0.39 is 0 Å². The molecule has 1 aromatic heterocycles. The van der Waals surface area contributed by atoms with Gasteiger partial charge in [0.25, 0.3) is 0 Å². The Bertz CT molecular complexity index is 604. The van der Waals surface area contributed by atoms with Crippen molar-refractivity contribution in [1.82, 2.24) is 10.3 Å². The van der Waals surface area contributed by atoms with Crippen LogP contribution < -0.4 is 5.73 Å². The third kappa shape index (κ3) is 2.97. The topological polar surface area (TPSA) is 97.5 Å². The molecule has 0 unspecified atom stereocenters. The van der Waals surface area contributed by atoms with Crippen LogP contribution in [0.5, 0.6) is 0 Å². The van der Waals surface area contributed by atoms with E-state index in [9.17, 15) is 0 Å². The van der Waals surface area contributed by atoms with Crippen LogP contribution in [0.2, 0.25) is 0 Å². The van der Waals surface area contributed by atoms with Crippen molar-refractivity contribution in [2.75, 3.05) is 0 Å². The highest BCUT2D eigenvalue weighted by Crippen LogP contribution is 2.12. The molecule has 2 rings (SSSR count). The lowest BCUT2D eigenvalue weighted by Crippen LogP contribution is -2.16. The fraction of sp³-hybridized carbons (Fsp3) is 0.308. The van der Waals surface area contributed by atoms with Crippen molar-refractivity contribution >= 4 is 5.84 Å². The molecule has 1 aromatic carbocycles. The van der Waals surface area contributed by atoms with Crippen LogP contribution in [-0.2, 0) is 13.2 Å². The first kappa shape index (κ1) is 13.2. The second-order valence-electron chi connectivity index (χ2n) is 4.35. The molecule has 19 heavy (non-hydrogen) atoms. The average molecular weight is 260 g/mol. The number of benzene rings is 1. The molecule has 0 radical (unpaired) electrons. The Morgan fingerprint density at radius 2 is 2.16 bits per heavy atom. The van der Waals surface area contributed by atoms with E-state index in [0.29, 0.717) is 17.9 Å². The van der Waals surface area contributed by atoms with E-state index in [1.54, 1.807) is 0 Å². The second-order valence-corrected chi connectivity index (χ2v) is 4.35. The van der Waals surface area contributed by atoms with Gasteiger partial charge in [0.05, 0.1) is 13.2 Å². The number of rotatable bonds is 4. The van der Waals surface area contributed by atoms with Gasteiger partial charge in [-0.05, 0) is 30.1 Å². The summed E-state index contributed by atoms with van der Waals surface area (Å²) in [6.07, 6.45) is 0. The van der Waals surface area contributed by atoms with Crippen molar-refractivity contribution in [2.24, 2.45) is 10.7 Å². The van der Waals surface area contributed by atoms with Gasteiger partial charge in [-0.25, -0.2) is 4.63 Å². The summed E-state index contributed by atoms with van der Waals surface area (Å²) >= 11 is 0. The molecule has 0 atom stereocenters. The van der Waals surface area contributed by atoms with Gasteiger partial charge in [0.1, 0.15) is 5.69 Å². The summed E-state index contributed by atoms with van der Waals surface area (Å²) in [7, 11) is 0. The summed E-state index contributed by atoms with van der Waals surface area (Å²) in [6, 6.07) is 6.17. The number of aromatic nitrogens is 2. The first-order valence-corrected chi connectivity index (χ1v) is 5.90. The molecular formula is C13H16N4O2. The molecule has 0 fully saturated rings. The molecule has 100 valence electrons. The van der Waals surface area contributed by atoms with E-state index in [1.807, 2.05) is 19.9 Å². The van der Waals surface area contributed by atoms with Crippen LogP contribution in [0, 0.1) is 13.8 Å². The largest absolute Gasteiger partial charge is 0.390 e. The van der Waals surface area contributed by atoms with Crippen LogP contribution in [0.3, 0.4) is 0 Å². The molecule has 0 aliphatic heterocycles. The summed E-state index contributed by atoms with van der Waals surface area (Å²) in [6.45, 7) is 4.23. The summed E-state index contributed by atoms with van der Waals surface area (Å²) in [5, 5.41) is 16.2. The molecule has 0 spiro atoms. The third-order valence-electron chi connectivity index (χ3n) is 2.87. The van der Waals surface area contributed by atoms with E-state index in [4.69, 9.17) is 10.8 Å². The van der Waals surface area contributed by atoms with E-state index >= 15 is 0 Å².